The van der Waals surface area contributed by atoms with E-state index in [2.05, 4.69) is 20.3 Å². The number of hydrogen-bond donors (Lipinski definition) is 1. The van der Waals surface area contributed by atoms with Crippen molar-refractivity contribution in [1.82, 2.24) is 29.9 Å². The normalized spacial score (nSPS) is 21.2. The van der Waals surface area contributed by atoms with Crippen LogP contribution in [0.15, 0.2) is 24.4 Å². The molecule has 3 aromatic heterocycles. The van der Waals surface area contributed by atoms with E-state index < -0.39 is 46.2 Å². The van der Waals surface area contributed by atoms with Gasteiger partial charge in [-0.1, -0.05) is 11.3 Å². The van der Waals surface area contributed by atoms with E-state index in [1.54, 1.807) is 9.58 Å². The molecule has 0 saturated carbocycles. The Kier molecular flexibility index (Phi) is 6.97. The van der Waals surface area contributed by atoms with Crippen LogP contribution in [0.4, 0.5) is 37.2 Å². The molecule has 2 aromatic carbocycles. The average molecular weight is 686 g/mol. The van der Waals surface area contributed by atoms with Crippen LogP contribution >= 0.6 is 11.3 Å². The SMILES string of the molecule is N#Cc1c(N)sc2c(F)ccc(-c3c(C(F)(F)F)cc4c(N5CCn6nncc6C5)nc(OCC56CCCN5CC(F)C6)nc4c3F)c12. The van der Waals surface area contributed by atoms with Gasteiger partial charge in [-0.25, -0.2) is 17.9 Å². The van der Waals surface area contributed by atoms with Gasteiger partial charge in [-0.3, -0.25) is 4.90 Å². The lowest BCUT2D eigenvalue weighted by Crippen LogP contribution is -2.43. The highest BCUT2D eigenvalue weighted by Gasteiger charge is 2.49. The van der Waals surface area contributed by atoms with Gasteiger partial charge in [0.1, 0.15) is 41.0 Å². The van der Waals surface area contributed by atoms with Crippen LogP contribution in [0.5, 0.6) is 6.01 Å². The standard InChI is InChI=1S/C31H25F6N9OS/c32-15-9-30(4-1-5-45(30)12-15)14-47-29-41-25-18(28(42-29)44-6-7-46-16(13-44)11-40-43-46)8-20(31(35,36)37)23(24(25)34)17-2-3-21(33)26-22(17)19(10-38)27(39)48-26/h2-3,8,11,15H,1,4-7,9,12-14,39H2. The molecular weight excluding hydrogens is 660 g/mol. The maximum Gasteiger partial charge on any atom is 0.417 e. The Morgan fingerprint density at radius 2 is 2.00 bits per heavy atom. The van der Waals surface area contributed by atoms with Crippen LogP contribution in [0.2, 0.25) is 0 Å². The van der Waals surface area contributed by atoms with Crippen molar-refractivity contribution in [1.29, 1.82) is 5.26 Å². The van der Waals surface area contributed by atoms with E-state index in [0.29, 0.717) is 36.5 Å². The topological polar surface area (TPSA) is 122 Å². The first-order chi connectivity index (χ1) is 23.0. The Balaban J connectivity index is 1.35. The molecule has 2 fully saturated rings. The molecule has 0 spiro atoms. The Bertz CT molecular complexity index is 2160. The number of aromatic nitrogens is 5. The number of halogens is 6. The molecule has 6 heterocycles. The Morgan fingerprint density at radius 1 is 1.17 bits per heavy atom. The van der Waals surface area contributed by atoms with Crippen LogP contribution < -0.4 is 15.4 Å². The number of ether oxygens (including phenoxy) is 1. The minimum absolute atomic E-state index is 0.00244. The first-order valence-electron chi connectivity index (χ1n) is 15.1. The molecule has 8 rings (SSSR count). The highest BCUT2D eigenvalue weighted by molar-refractivity contribution is 7.23. The lowest BCUT2D eigenvalue weighted by atomic mass is 9.92. The van der Waals surface area contributed by atoms with Crippen molar-refractivity contribution in [2.24, 2.45) is 0 Å². The third kappa shape index (κ3) is 4.72. The van der Waals surface area contributed by atoms with Crippen LogP contribution in [-0.4, -0.2) is 67.8 Å². The van der Waals surface area contributed by atoms with Crippen molar-refractivity contribution in [3.8, 4) is 23.2 Å². The third-order valence-electron chi connectivity index (χ3n) is 9.56. The molecule has 10 nitrogen and oxygen atoms in total. The summed E-state index contributed by atoms with van der Waals surface area (Å²) >= 11 is 0.688. The third-order valence-corrected chi connectivity index (χ3v) is 10.6. The highest BCUT2D eigenvalue weighted by Crippen LogP contribution is 2.48. The first-order valence-corrected chi connectivity index (χ1v) is 16.0. The fraction of sp³-hybridized carbons (Fsp3) is 0.387. The number of hydrogen-bond acceptors (Lipinski definition) is 10. The number of nitriles is 1. The summed E-state index contributed by atoms with van der Waals surface area (Å²) in [5.41, 5.74) is 2.64. The molecule has 2 N–H and O–H groups in total. The van der Waals surface area contributed by atoms with Crippen molar-refractivity contribution >= 4 is 43.1 Å². The van der Waals surface area contributed by atoms with E-state index >= 15 is 4.39 Å². The minimum Gasteiger partial charge on any atom is -0.461 e. The number of fused-ring (bicyclic) bond motifs is 4. The second-order valence-corrected chi connectivity index (χ2v) is 13.4. The summed E-state index contributed by atoms with van der Waals surface area (Å²) in [6.45, 7) is 1.72. The predicted octanol–water partition coefficient (Wildman–Crippen LogP) is 5.83. The Morgan fingerprint density at radius 3 is 2.79 bits per heavy atom. The summed E-state index contributed by atoms with van der Waals surface area (Å²) in [6, 6.07) is 4.22. The maximum absolute atomic E-state index is 17.0. The molecule has 48 heavy (non-hydrogen) atoms. The second-order valence-electron chi connectivity index (χ2n) is 12.3. The Labute approximate surface area is 272 Å². The van der Waals surface area contributed by atoms with Crippen LogP contribution in [0.25, 0.3) is 32.1 Å². The molecular formula is C31H25F6N9OS. The van der Waals surface area contributed by atoms with Crippen molar-refractivity contribution in [3.05, 3.63) is 52.9 Å². The van der Waals surface area contributed by atoms with Gasteiger partial charge in [-0.2, -0.15) is 28.4 Å². The molecule has 0 aliphatic carbocycles. The number of thiophene rings is 1. The quantitative estimate of drug-likeness (QED) is 0.228. The van der Waals surface area contributed by atoms with Crippen molar-refractivity contribution in [2.45, 2.75) is 50.2 Å². The first kappa shape index (κ1) is 30.6. The second kappa shape index (κ2) is 10.9. The van der Waals surface area contributed by atoms with Crippen molar-refractivity contribution in [3.63, 3.8) is 0 Å². The summed E-state index contributed by atoms with van der Waals surface area (Å²) in [6.07, 6.45) is -2.84. The number of nitrogen functional groups attached to an aromatic ring is 1. The molecule has 0 bridgehead atoms. The van der Waals surface area contributed by atoms with Gasteiger partial charge in [-0.05, 0) is 37.1 Å². The van der Waals surface area contributed by atoms with Crippen LogP contribution in [0, 0.1) is 23.0 Å². The maximum atomic E-state index is 17.0. The fourth-order valence-corrected chi connectivity index (χ4v) is 8.35. The number of rotatable bonds is 5. The molecule has 2 saturated heterocycles. The zero-order chi connectivity index (χ0) is 33.5. The lowest BCUT2D eigenvalue weighted by molar-refractivity contribution is -0.137. The van der Waals surface area contributed by atoms with E-state index in [-0.39, 0.29) is 76.1 Å². The van der Waals surface area contributed by atoms with Gasteiger partial charge in [0, 0.05) is 35.8 Å². The molecule has 2 unspecified atom stereocenters. The van der Waals surface area contributed by atoms with Gasteiger partial charge >= 0.3 is 12.2 Å². The van der Waals surface area contributed by atoms with E-state index in [4.69, 9.17) is 10.5 Å². The summed E-state index contributed by atoms with van der Waals surface area (Å²) in [7, 11) is 0. The zero-order valence-corrected chi connectivity index (χ0v) is 25.8. The van der Waals surface area contributed by atoms with Gasteiger partial charge in [0.25, 0.3) is 0 Å². The van der Waals surface area contributed by atoms with Crippen molar-refractivity contribution < 1.29 is 31.1 Å². The fourth-order valence-electron chi connectivity index (χ4n) is 7.40. The van der Waals surface area contributed by atoms with Crippen LogP contribution in [-0.2, 0) is 19.3 Å². The molecule has 17 heteroatoms. The minimum atomic E-state index is -5.09. The summed E-state index contributed by atoms with van der Waals surface area (Å²) in [4.78, 5) is 12.5. The van der Waals surface area contributed by atoms with Crippen molar-refractivity contribution in [2.75, 3.05) is 36.9 Å². The molecule has 248 valence electrons. The van der Waals surface area contributed by atoms with E-state index in [9.17, 15) is 27.2 Å². The number of nitrogens with two attached hydrogens (primary N) is 1. The molecule has 0 amide bonds. The Hall–Kier alpha value is -4.69. The van der Waals surface area contributed by atoms with Crippen LogP contribution in [0.3, 0.4) is 0 Å². The number of nitrogens with zero attached hydrogens (tertiary/aromatic N) is 8. The highest BCUT2D eigenvalue weighted by atomic mass is 32.1. The monoisotopic (exact) mass is 685 g/mol. The summed E-state index contributed by atoms with van der Waals surface area (Å²) in [5, 5.41) is 17.1. The molecule has 3 aliphatic heterocycles. The molecule has 3 aliphatic rings. The van der Waals surface area contributed by atoms with E-state index in [1.807, 2.05) is 11.0 Å². The molecule has 0 radical (unpaired) electrons. The lowest BCUT2D eigenvalue weighted by Gasteiger charge is -2.32. The average Bonchev–Trinajstić information content (AvgIpc) is 3.81. The van der Waals surface area contributed by atoms with E-state index in [1.165, 1.54) is 6.20 Å². The van der Waals surface area contributed by atoms with Crippen LogP contribution in [0.1, 0.15) is 36.1 Å². The summed E-state index contributed by atoms with van der Waals surface area (Å²) in [5.74, 6) is -2.18. The molecule has 2 atom stereocenters. The zero-order valence-electron chi connectivity index (χ0n) is 25.0. The van der Waals surface area contributed by atoms with Gasteiger partial charge in [0.15, 0.2) is 5.82 Å². The number of anilines is 2. The number of alkyl halides is 4. The predicted molar refractivity (Wildman–Crippen MR) is 164 cm³/mol. The van der Waals surface area contributed by atoms with Gasteiger partial charge < -0.3 is 15.4 Å². The smallest absolute Gasteiger partial charge is 0.417 e. The largest absolute Gasteiger partial charge is 0.461 e. The van der Waals surface area contributed by atoms with Gasteiger partial charge in [0.2, 0.25) is 0 Å². The van der Waals surface area contributed by atoms with Gasteiger partial charge in [-0.15, -0.1) is 16.4 Å². The molecule has 5 aromatic rings. The van der Waals surface area contributed by atoms with Gasteiger partial charge in [0.05, 0.1) is 46.3 Å². The number of benzene rings is 2. The summed E-state index contributed by atoms with van der Waals surface area (Å²) < 4.78 is 98.6. The van der Waals surface area contributed by atoms with E-state index in [0.717, 1.165) is 24.6 Å².